The zero-order valence-electron chi connectivity index (χ0n) is 14.5. The van der Waals surface area contributed by atoms with Gasteiger partial charge in [0.2, 0.25) is 5.76 Å². The smallest absolute Gasteiger partial charge is 0.294 e. The molecule has 134 valence electrons. The van der Waals surface area contributed by atoms with E-state index in [4.69, 9.17) is 14.0 Å². The number of amides is 1. The monoisotopic (exact) mass is 356 g/mol. The van der Waals surface area contributed by atoms with E-state index in [1.807, 2.05) is 6.92 Å². The van der Waals surface area contributed by atoms with E-state index >= 15 is 0 Å². The second kappa shape index (κ2) is 7.26. The molecule has 0 aliphatic carbocycles. The lowest BCUT2D eigenvalue weighted by molar-refractivity contribution is 0.0988. The number of hydrogen-bond acceptors (Lipinski definition) is 5. The van der Waals surface area contributed by atoms with Crippen molar-refractivity contribution in [3.63, 3.8) is 0 Å². The summed E-state index contributed by atoms with van der Waals surface area (Å²) < 4.78 is 28.9. The fraction of sp³-hybridized carbons (Fsp3) is 0.158. The van der Waals surface area contributed by atoms with E-state index in [1.54, 1.807) is 24.3 Å². The van der Waals surface area contributed by atoms with Crippen molar-refractivity contribution in [1.82, 2.24) is 5.16 Å². The Labute approximate surface area is 149 Å². The zero-order valence-corrected chi connectivity index (χ0v) is 14.5. The van der Waals surface area contributed by atoms with Crippen LogP contribution in [0.2, 0.25) is 0 Å². The first-order valence-corrected chi connectivity index (χ1v) is 7.78. The molecule has 0 spiro atoms. The lowest BCUT2D eigenvalue weighted by atomic mass is 10.1. The molecule has 1 heterocycles. The molecule has 26 heavy (non-hydrogen) atoms. The Bertz CT molecular complexity index is 952. The Balaban J connectivity index is 1.83. The van der Waals surface area contributed by atoms with Crippen LogP contribution in [0.25, 0.3) is 11.3 Å². The van der Waals surface area contributed by atoms with Crippen LogP contribution in [0.15, 0.2) is 47.0 Å². The van der Waals surface area contributed by atoms with Gasteiger partial charge in [-0.2, -0.15) is 0 Å². The molecule has 1 N–H and O–H groups in total. The van der Waals surface area contributed by atoms with Gasteiger partial charge in [0, 0.05) is 23.4 Å². The van der Waals surface area contributed by atoms with Crippen LogP contribution < -0.4 is 14.8 Å². The SMILES string of the molecule is COc1cc(C)c(NC(=O)c2cc(-c3cccc(F)c3)no2)cc1OC. The first kappa shape index (κ1) is 17.5. The van der Waals surface area contributed by atoms with Crippen LogP contribution in [0.3, 0.4) is 0 Å². The van der Waals surface area contributed by atoms with Gasteiger partial charge >= 0.3 is 0 Å². The summed E-state index contributed by atoms with van der Waals surface area (Å²) in [6.45, 7) is 1.83. The molecule has 0 unspecified atom stereocenters. The minimum atomic E-state index is -0.476. The van der Waals surface area contributed by atoms with Gasteiger partial charge in [-0.1, -0.05) is 17.3 Å². The van der Waals surface area contributed by atoms with E-state index in [2.05, 4.69) is 10.5 Å². The lowest BCUT2D eigenvalue weighted by Crippen LogP contribution is -2.12. The topological polar surface area (TPSA) is 73.6 Å². The number of ether oxygens (including phenoxy) is 2. The van der Waals surface area contributed by atoms with Gasteiger partial charge in [0.25, 0.3) is 5.91 Å². The van der Waals surface area contributed by atoms with Crippen molar-refractivity contribution >= 4 is 11.6 Å². The molecule has 0 bridgehead atoms. The van der Waals surface area contributed by atoms with Gasteiger partial charge in [0.1, 0.15) is 11.5 Å². The predicted molar refractivity (Wildman–Crippen MR) is 94.1 cm³/mol. The summed E-state index contributed by atoms with van der Waals surface area (Å²) >= 11 is 0. The second-order valence-electron chi connectivity index (χ2n) is 5.56. The Morgan fingerprint density at radius 3 is 2.54 bits per heavy atom. The molecule has 3 aromatic rings. The van der Waals surface area contributed by atoms with Crippen molar-refractivity contribution < 1.29 is 23.2 Å². The Morgan fingerprint density at radius 1 is 1.12 bits per heavy atom. The number of nitrogens with zero attached hydrogens (tertiary/aromatic N) is 1. The minimum Gasteiger partial charge on any atom is -0.493 e. The van der Waals surface area contributed by atoms with Crippen LogP contribution in [0.1, 0.15) is 16.1 Å². The molecule has 6 nitrogen and oxygen atoms in total. The second-order valence-corrected chi connectivity index (χ2v) is 5.56. The number of rotatable bonds is 5. The standard InChI is InChI=1S/C19H17FN2O4/c1-11-7-16(24-2)17(25-3)9-14(11)21-19(23)18-10-15(22-26-18)12-5-4-6-13(20)8-12/h4-10H,1-3H3,(H,21,23). The molecule has 1 amide bonds. The van der Waals surface area contributed by atoms with Gasteiger partial charge in [-0.3, -0.25) is 4.79 Å². The van der Waals surface area contributed by atoms with Crippen LogP contribution in [-0.2, 0) is 0 Å². The first-order valence-electron chi connectivity index (χ1n) is 7.78. The molecular formula is C19H17FN2O4. The number of benzene rings is 2. The highest BCUT2D eigenvalue weighted by Gasteiger charge is 2.17. The molecule has 0 atom stereocenters. The average Bonchev–Trinajstić information content (AvgIpc) is 3.13. The van der Waals surface area contributed by atoms with Crippen LogP contribution in [0, 0.1) is 12.7 Å². The summed E-state index contributed by atoms with van der Waals surface area (Å²) in [6, 6.07) is 10.8. The highest BCUT2D eigenvalue weighted by atomic mass is 19.1. The minimum absolute atomic E-state index is 0.0125. The number of aromatic nitrogens is 1. The largest absolute Gasteiger partial charge is 0.493 e. The molecule has 3 rings (SSSR count). The highest BCUT2D eigenvalue weighted by Crippen LogP contribution is 2.33. The van der Waals surface area contributed by atoms with E-state index < -0.39 is 11.7 Å². The molecule has 0 aliphatic heterocycles. The molecular weight excluding hydrogens is 339 g/mol. The summed E-state index contributed by atoms with van der Waals surface area (Å²) in [5, 5.41) is 6.57. The maximum atomic E-state index is 13.3. The molecule has 0 radical (unpaired) electrons. The van der Waals surface area contributed by atoms with Crippen molar-refractivity contribution in [1.29, 1.82) is 0 Å². The maximum Gasteiger partial charge on any atom is 0.294 e. The zero-order chi connectivity index (χ0) is 18.7. The molecule has 0 saturated heterocycles. The van der Waals surface area contributed by atoms with Gasteiger partial charge in [-0.05, 0) is 30.7 Å². The quantitative estimate of drug-likeness (QED) is 0.746. The van der Waals surface area contributed by atoms with Gasteiger partial charge in [0.05, 0.1) is 14.2 Å². The number of carbonyl (C=O) groups is 1. The Morgan fingerprint density at radius 2 is 1.85 bits per heavy atom. The summed E-state index contributed by atoms with van der Waals surface area (Å²) in [5.74, 6) is 0.203. The van der Waals surface area contributed by atoms with Crippen LogP contribution in [0.4, 0.5) is 10.1 Å². The van der Waals surface area contributed by atoms with Crippen LogP contribution in [-0.4, -0.2) is 25.3 Å². The molecule has 7 heteroatoms. The third-order valence-electron chi connectivity index (χ3n) is 3.83. The fourth-order valence-electron chi connectivity index (χ4n) is 2.47. The molecule has 0 saturated carbocycles. The predicted octanol–water partition coefficient (Wildman–Crippen LogP) is 4.06. The first-order chi connectivity index (χ1) is 12.5. The Kier molecular flexibility index (Phi) is 4.88. The molecule has 2 aromatic carbocycles. The number of nitrogens with one attached hydrogen (secondary N) is 1. The summed E-state index contributed by atoms with van der Waals surface area (Å²) in [5.41, 5.74) is 2.24. The average molecular weight is 356 g/mol. The summed E-state index contributed by atoms with van der Waals surface area (Å²) in [4.78, 5) is 12.4. The number of aryl methyl sites for hydroxylation is 1. The lowest BCUT2D eigenvalue weighted by Gasteiger charge is -2.12. The molecule has 1 aromatic heterocycles. The highest BCUT2D eigenvalue weighted by molar-refractivity contribution is 6.03. The normalized spacial score (nSPS) is 10.5. The van der Waals surface area contributed by atoms with E-state index in [0.29, 0.717) is 28.4 Å². The molecule has 0 fully saturated rings. The number of anilines is 1. The van der Waals surface area contributed by atoms with Crippen molar-refractivity contribution in [2.75, 3.05) is 19.5 Å². The van der Waals surface area contributed by atoms with Gasteiger partial charge < -0.3 is 19.3 Å². The van der Waals surface area contributed by atoms with Crippen LogP contribution in [0.5, 0.6) is 11.5 Å². The summed E-state index contributed by atoms with van der Waals surface area (Å²) in [7, 11) is 3.05. The van der Waals surface area contributed by atoms with Crippen molar-refractivity contribution in [2.24, 2.45) is 0 Å². The van der Waals surface area contributed by atoms with Crippen molar-refractivity contribution in [3.05, 3.63) is 59.6 Å². The third-order valence-corrected chi connectivity index (χ3v) is 3.83. The number of hydrogen-bond donors (Lipinski definition) is 1. The van der Waals surface area contributed by atoms with Gasteiger partial charge in [-0.15, -0.1) is 0 Å². The van der Waals surface area contributed by atoms with E-state index in [9.17, 15) is 9.18 Å². The van der Waals surface area contributed by atoms with E-state index in [1.165, 1.54) is 32.4 Å². The third kappa shape index (κ3) is 3.51. The van der Waals surface area contributed by atoms with Crippen molar-refractivity contribution in [3.8, 4) is 22.8 Å². The number of halogens is 1. The van der Waals surface area contributed by atoms with Crippen LogP contribution >= 0.6 is 0 Å². The molecule has 0 aliphatic rings. The number of methoxy groups -OCH3 is 2. The van der Waals surface area contributed by atoms with Crippen molar-refractivity contribution in [2.45, 2.75) is 6.92 Å². The van der Waals surface area contributed by atoms with Gasteiger partial charge in [-0.25, -0.2) is 4.39 Å². The Hall–Kier alpha value is -3.35. The van der Waals surface area contributed by atoms with Gasteiger partial charge in [0.15, 0.2) is 11.5 Å². The fourth-order valence-corrected chi connectivity index (χ4v) is 2.47. The summed E-state index contributed by atoms with van der Waals surface area (Å²) in [6.07, 6.45) is 0. The van der Waals surface area contributed by atoms with E-state index in [0.717, 1.165) is 5.56 Å². The number of carbonyl (C=O) groups excluding carboxylic acids is 1. The van der Waals surface area contributed by atoms with E-state index in [-0.39, 0.29) is 5.76 Å². The maximum absolute atomic E-state index is 13.3.